The second-order valence-electron chi connectivity index (χ2n) is 8.06. The number of fused-ring (bicyclic) bond motifs is 5. The zero-order valence-electron chi connectivity index (χ0n) is 16.9. The quantitative estimate of drug-likeness (QED) is 0.416. The number of alkyl halides is 3. The number of hydrogen-bond donors (Lipinski definition) is 0. The van der Waals surface area contributed by atoms with E-state index in [4.69, 9.17) is 14.4 Å². The van der Waals surface area contributed by atoms with E-state index < -0.39 is 12.0 Å². The molecule has 6 rings (SSSR count). The fourth-order valence-corrected chi connectivity index (χ4v) is 4.06. The number of ether oxygens (including phenoxy) is 1. The minimum Gasteiger partial charge on any atom is -0.497 e. The molecule has 1 fully saturated rings. The average Bonchev–Trinajstić information content (AvgIpc) is 3.15. The highest BCUT2D eigenvalue weighted by Crippen LogP contribution is 2.40. The molecule has 4 heterocycles. The van der Waals surface area contributed by atoms with E-state index in [9.17, 15) is 13.2 Å². The fraction of sp³-hybridized carbons (Fsp3) is 0.333. The summed E-state index contributed by atoms with van der Waals surface area (Å²) in [5.41, 5.74) is 4.28. The van der Waals surface area contributed by atoms with Gasteiger partial charge >= 0.3 is 6.18 Å². The first-order chi connectivity index (χ1) is 15.4. The van der Waals surface area contributed by atoms with Gasteiger partial charge in [0.05, 0.1) is 24.2 Å². The van der Waals surface area contributed by atoms with Gasteiger partial charge in [0.15, 0.2) is 5.69 Å². The third-order valence-corrected chi connectivity index (χ3v) is 5.80. The van der Waals surface area contributed by atoms with Crippen LogP contribution in [-0.4, -0.2) is 36.6 Å². The molecule has 1 aliphatic heterocycles. The number of hydrogen-bond acceptors (Lipinski definition) is 6. The van der Waals surface area contributed by atoms with Gasteiger partial charge in [-0.15, -0.1) is 0 Å². The van der Waals surface area contributed by atoms with Gasteiger partial charge in [0.25, 0.3) is 11.7 Å². The Labute approximate surface area is 179 Å². The molecule has 3 aromatic heterocycles. The third-order valence-electron chi connectivity index (χ3n) is 5.80. The summed E-state index contributed by atoms with van der Waals surface area (Å²) < 4.78 is 53.1. The van der Waals surface area contributed by atoms with Crippen LogP contribution < -0.4 is 4.74 Å². The van der Waals surface area contributed by atoms with Crippen molar-refractivity contribution in [2.75, 3.05) is 7.11 Å². The number of imidazole rings is 1. The van der Waals surface area contributed by atoms with Crippen LogP contribution in [0.15, 0.2) is 35.2 Å². The standard InChI is InChI=1S/C21H17F3N6O2/c1-31-13-4-5-15-14(7-13)17-12(9-29(27-17)8-11-2-3-11)6-16-18(25-10-30(15)16)19-26-20(28-32-19)21(22,23)24/h4-5,7,9-11H,2-3,6,8H2,1H3. The van der Waals surface area contributed by atoms with E-state index in [1.807, 2.05) is 33.6 Å². The van der Waals surface area contributed by atoms with Gasteiger partial charge < -0.3 is 13.8 Å². The number of rotatable bonds is 4. The maximum Gasteiger partial charge on any atom is 0.455 e. The normalized spacial score (nSPS) is 15.1. The van der Waals surface area contributed by atoms with Crippen molar-refractivity contribution in [2.24, 2.45) is 5.92 Å². The van der Waals surface area contributed by atoms with Gasteiger partial charge in [0, 0.05) is 30.3 Å². The SMILES string of the molecule is COc1ccc2c(c1)-c1nn(CC3CC3)cc1Cc1c(-c3nc(C(F)(F)F)no3)ncn1-2. The van der Waals surface area contributed by atoms with Crippen LogP contribution in [-0.2, 0) is 19.1 Å². The first-order valence-corrected chi connectivity index (χ1v) is 10.1. The van der Waals surface area contributed by atoms with Crippen LogP contribution in [0.1, 0.15) is 29.9 Å². The molecular weight excluding hydrogens is 425 g/mol. The molecule has 1 saturated carbocycles. The van der Waals surface area contributed by atoms with Crippen molar-refractivity contribution in [2.45, 2.75) is 32.0 Å². The van der Waals surface area contributed by atoms with Gasteiger partial charge in [-0.25, -0.2) is 4.98 Å². The summed E-state index contributed by atoms with van der Waals surface area (Å²) in [6, 6.07) is 5.61. The molecule has 0 spiro atoms. The molecule has 0 amide bonds. The molecule has 1 aliphatic carbocycles. The highest BCUT2D eigenvalue weighted by molar-refractivity contribution is 5.77. The van der Waals surface area contributed by atoms with E-state index in [1.54, 1.807) is 13.4 Å². The number of halogens is 3. The maximum atomic E-state index is 13.0. The van der Waals surface area contributed by atoms with E-state index in [1.165, 1.54) is 12.8 Å². The summed E-state index contributed by atoms with van der Waals surface area (Å²) >= 11 is 0. The number of methoxy groups -OCH3 is 1. The zero-order chi connectivity index (χ0) is 22.0. The number of aromatic nitrogens is 6. The minimum atomic E-state index is -4.70. The molecule has 1 aromatic carbocycles. The highest BCUT2D eigenvalue weighted by atomic mass is 19.4. The molecule has 2 aliphatic rings. The number of nitrogens with zero attached hydrogens (tertiary/aromatic N) is 6. The lowest BCUT2D eigenvalue weighted by Gasteiger charge is -2.11. The second-order valence-corrected chi connectivity index (χ2v) is 8.06. The van der Waals surface area contributed by atoms with Crippen molar-refractivity contribution in [3.8, 4) is 34.3 Å². The van der Waals surface area contributed by atoms with E-state index in [0.29, 0.717) is 23.8 Å². The molecule has 8 nitrogen and oxygen atoms in total. The first-order valence-electron chi connectivity index (χ1n) is 10.1. The summed E-state index contributed by atoms with van der Waals surface area (Å²) in [5, 5.41) is 7.91. The lowest BCUT2D eigenvalue weighted by molar-refractivity contribution is -0.146. The van der Waals surface area contributed by atoms with Crippen molar-refractivity contribution in [3.63, 3.8) is 0 Å². The van der Waals surface area contributed by atoms with Crippen molar-refractivity contribution in [1.29, 1.82) is 0 Å². The Hall–Kier alpha value is -3.63. The predicted octanol–water partition coefficient (Wildman–Crippen LogP) is 4.13. The molecule has 11 heteroatoms. The van der Waals surface area contributed by atoms with Crippen LogP contribution >= 0.6 is 0 Å². The van der Waals surface area contributed by atoms with Crippen LogP contribution in [0.4, 0.5) is 13.2 Å². The molecule has 0 atom stereocenters. The smallest absolute Gasteiger partial charge is 0.455 e. The second kappa shape index (κ2) is 6.68. The average molecular weight is 442 g/mol. The Morgan fingerprint density at radius 3 is 2.78 bits per heavy atom. The van der Waals surface area contributed by atoms with Gasteiger partial charge in [-0.1, -0.05) is 5.16 Å². The Kier molecular flexibility index (Phi) is 3.99. The predicted molar refractivity (Wildman–Crippen MR) is 105 cm³/mol. The van der Waals surface area contributed by atoms with Gasteiger partial charge in [-0.05, 0) is 37.0 Å². The summed E-state index contributed by atoms with van der Waals surface area (Å²) in [6.07, 6.45) is 1.65. The van der Waals surface area contributed by atoms with Crippen molar-refractivity contribution < 1.29 is 22.4 Å². The molecule has 0 saturated heterocycles. The summed E-state index contributed by atoms with van der Waals surface area (Å²) in [7, 11) is 1.60. The largest absolute Gasteiger partial charge is 0.497 e. The number of benzene rings is 1. The van der Waals surface area contributed by atoms with Crippen LogP contribution in [0.5, 0.6) is 5.75 Å². The van der Waals surface area contributed by atoms with Gasteiger partial charge in [0.2, 0.25) is 0 Å². The van der Waals surface area contributed by atoms with Gasteiger partial charge in [0.1, 0.15) is 12.1 Å². The molecule has 0 N–H and O–H groups in total. The Morgan fingerprint density at radius 1 is 1.22 bits per heavy atom. The Bertz CT molecular complexity index is 1330. The lowest BCUT2D eigenvalue weighted by Crippen LogP contribution is -2.07. The molecule has 32 heavy (non-hydrogen) atoms. The molecule has 164 valence electrons. The van der Waals surface area contributed by atoms with Crippen molar-refractivity contribution in [1.82, 2.24) is 29.5 Å². The highest BCUT2D eigenvalue weighted by Gasteiger charge is 2.38. The van der Waals surface area contributed by atoms with Crippen LogP contribution in [0.25, 0.3) is 28.5 Å². The van der Waals surface area contributed by atoms with Crippen LogP contribution in [0.2, 0.25) is 0 Å². The summed E-state index contributed by atoms with van der Waals surface area (Å²) in [5.74, 6) is -0.272. The molecule has 4 aromatic rings. The molecular formula is C21H17F3N6O2. The van der Waals surface area contributed by atoms with Crippen LogP contribution in [0, 0.1) is 5.92 Å². The molecule has 0 bridgehead atoms. The zero-order valence-corrected chi connectivity index (χ0v) is 16.9. The first kappa shape index (κ1) is 19.1. The van der Waals surface area contributed by atoms with Crippen molar-refractivity contribution in [3.05, 3.63) is 47.8 Å². The van der Waals surface area contributed by atoms with E-state index >= 15 is 0 Å². The fourth-order valence-electron chi connectivity index (χ4n) is 4.06. The van der Waals surface area contributed by atoms with Crippen LogP contribution in [0.3, 0.4) is 0 Å². The third kappa shape index (κ3) is 3.07. The maximum absolute atomic E-state index is 13.0. The Morgan fingerprint density at radius 2 is 2.06 bits per heavy atom. The molecule has 0 radical (unpaired) electrons. The van der Waals surface area contributed by atoms with Gasteiger partial charge in [-0.2, -0.15) is 23.3 Å². The monoisotopic (exact) mass is 442 g/mol. The lowest BCUT2D eigenvalue weighted by atomic mass is 10.0. The van der Waals surface area contributed by atoms with Gasteiger partial charge in [-0.3, -0.25) is 4.68 Å². The topological polar surface area (TPSA) is 83.8 Å². The van der Waals surface area contributed by atoms with Crippen molar-refractivity contribution >= 4 is 0 Å². The summed E-state index contributed by atoms with van der Waals surface area (Å²) in [6.45, 7) is 0.844. The summed E-state index contributed by atoms with van der Waals surface area (Å²) in [4.78, 5) is 7.86. The minimum absolute atomic E-state index is 0.220. The Balaban J connectivity index is 1.52. The van der Waals surface area contributed by atoms with E-state index in [2.05, 4.69) is 15.1 Å². The van der Waals surface area contributed by atoms with E-state index in [-0.39, 0.29) is 11.6 Å². The molecule has 0 unspecified atom stereocenters. The van der Waals surface area contributed by atoms with E-state index in [0.717, 1.165) is 29.1 Å².